The number of hydrogen-bond donors (Lipinski definition) is 4. The Hall–Kier alpha value is -3.49. The molecule has 11 nitrogen and oxygen atoms in total. The van der Waals surface area contributed by atoms with Crippen molar-refractivity contribution >= 4 is 11.6 Å². The van der Waals surface area contributed by atoms with Gasteiger partial charge in [-0.1, -0.05) is 17.3 Å². The standard InChI is InChI=1S/C23H30F3N7O4/c1-36-12-10-27-22(35)19-15-33(32-30-19)11-3-2-6-17-8-9-20(31-29-17)28-21(34)14-16-5-4-7-18(13-16)37-23(24,25)26/h4-5,7-9,13,15,20,22,27,31,35H,2-3,6,10-12,14H2,1H3,(H,28,34). The third-order valence-corrected chi connectivity index (χ3v) is 5.19. The van der Waals surface area contributed by atoms with Gasteiger partial charge in [0.05, 0.1) is 24.9 Å². The minimum atomic E-state index is -4.79. The Morgan fingerprint density at radius 1 is 1.32 bits per heavy atom. The molecule has 4 N–H and O–H groups in total. The van der Waals surface area contributed by atoms with Crippen molar-refractivity contribution < 1.29 is 32.5 Å². The quantitative estimate of drug-likeness (QED) is 0.217. The van der Waals surface area contributed by atoms with Crippen LogP contribution in [0.2, 0.25) is 0 Å². The largest absolute Gasteiger partial charge is 0.573 e. The minimum Gasteiger partial charge on any atom is -0.406 e. The number of ether oxygens (including phenoxy) is 2. The third-order valence-electron chi connectivity index (χ3n) is 5.19. The highest BCUT2D eigenvalue weighted by Crippen LogP contribution is 2.23. The molecule has 0 bridgehead atoms. The predicted molar refractivity (Wildman–Crippen MR) is 127 cm³/mol. The smallest absolute Gasteiger partial charge is 0.406 e. The SMILES string of the molecule is COCCNC(O)c1cn(CCCCC2=NNC(NC(=O)Cc3cccc(OC(F)(F)F)c3)C=C2)nn1. The molecule has 37 heavy (non-hydrogen) atoms. The summed E-state index contributed by atoms with van der Waals surface area (Å²) < 4.78 is 47.6. The number of nitrogens with one attached hydrogen (secondary N) is 3. The Balaban J connectivity index is 1.33. The Bertz CT molecular complexity index is 1070. The summed E-state index contributed by atoms with van der Waals surface area (Å²) >= 11 is 0. The van der Waals surface area contributed by atoms with Gasteiger partial charge in [-0.2, -0.15) is 5.10 Å². The molecule has 0 fully saturated rings. The van der Waals surface area contributed by atoms with Crippen LogP contribution in [0.4, 0.5) is 13.2 Å². The van der Waals surface area contributed by atoms with Crippen LogP contribution in [0, 0.1) is 0 Å². The molecule has 2 atom stereocenters. The molecule has 0 saturated carbocycles. The number of halogens is 3. The zero-order valence-electron chi connectivity index (χ0n) is 20.2. The second kappa shape index (κ2) is 13.7. The topological polar surface area (TPSA) is 135 Å². The van der Waals surface area contributed by atoms with Crippen molar-refractivity contribution in [2.24, 2.45) is 5.10 Å². The molecule has 1 aromatic carbocycles. The van der Waals surface area contributed by atoms with E-state index in [1.165, 1.54) is 18.2 Å². The van der Waals surface area contributed by atoms with Gasteiger partial charge in [-0.05, 0) is 49.1 Å². The van der Waals surface area contributed by atoms with E-state index in [1.807, 2.05) is 6.08 Å². The van der Waals surface area contributed by atoms with Gasteiger partial charge in [0.2, 0.25) is 5.91 Å². The van der Waals surface area contributed by atoms with E-state index in [1.54, 1.807) is 30.1 Å². The molecule has 2 aromatic rings. The number of aliphatic hydroxyl groups is 1. The highest BCUT2D eigenvalue weighted by atomic mass is 19.4. The lowest BCUT2D eigenvalue weighted by Gasteiger charge is -2.19. The molecular formula is C23H30F3N7O4. The van der Waals surface area contributed by atoms with Crippen molar-refractivity contribution in [3.8, 4) is 5.75 Å². The summed E-state index contributed by atoms with van der Waals surface area (Å²) in [7, 11) is 1.58. The molecule has 1 aliphatic rings. The first-order chi connectivity index (χ1) is 17.7. The van der Waals surface area contributed by atoms with Crippen LogP contribution in [0.5, 0.6) is 5.75 Å². The molecule has 0 spiro atoms. The number of alkyl halides is 3. The van der Waals surface area contributed by atoms with Crippen molar-refractivity contribution in [2.45, 2.75) is 51.0 Å². The Morgan fingerprint density at radius 2 is 2.16 bits per heavy atom. The first-order valence-electron chi connectivity index (χ1n) is 11.7. The number of carbonyl (C=O) groups excluding carboxylic acids is 1. The first kappa shape index (κ1) is 28.1. The fraction of sp³-hybridized carbons (Fsp3) is 0.478. The van der Waals surface area contributed by atoms with Crippen LogP contribution >= 0.6 is 0 Å². The molecule has 0 radical (unpaired) electrons. The fourth-order valence-corrected chi connectivity index (χ4v) is 3.45. The molecule has 0 aliphatic carbocycles. The fourth-order valence-electron chi connectivity index (χ4n) is 3.45. The number of nitrogens with zero attached hydrogens (tertiary/aromatic N) is 4. The average molecular weight is 526 g/mol. The van der Waals surface area contributed by atoms with E-state index in [-0.39, 0.29) is 18.1 Å². The van der Waals surface area contributed by atoms with Crippen molar-refractivity contribution in [3.63, 3.8) is 0 Å². The van der Waals surface area contributed by atoms with Gasteiger partial charge in [0, 0.05) is 20.2 Å². The highest BCUT2D eigenvalue weighted by Gasteiger charge is 2.31. The molecule has 1 amide bonds. The molecular weight excluding hydrogens is 495 g/mol. The Morgan fingerprint density at radius 3 is 2.89 bits per heavy atom. The van der Waals surface area contributed by atoms with Crippen LogP contribution in [0.3, 0.4) is 0 Å². The summed E-state index contributed by atoms with van der Waals surface area (Å²) in [6, 6.07) is 5.29. The zero-order valence-corrected chi connectivity index (χ0v) is 20.2. The molecule has 1 aromatic heterocycles. The summed E-state index contributed by atoms with van der Waals surface area (Å²) in [6.45, 7) is 1.60. The predicted octanol–water partition coefficient (Wildman–Crippen LogP) is 1.77. The molecule has 0 saturated heterocycles. The van der Waals surface area contributed by atoms with Gasteiger partial charge < -0.3 is 19.9 Å². The molecule has 14 heteroatoms. The number of allylic oxidation sites excluding steroid dienone is 1. The minimum absolute atomic E-state index is 0.109. The second-order valence-corrected chi connectivity index (χ2v) is 8.22. The third kappa shape index (κ3) is 10.2. The number of carbonyl (C=O) groups is 1. The molecule has 2 heterocycles. The molecule has 2 unspecified atom stereocenters. The lowest BCUT2D eigenvalue weighted by atomic mass is 10.1. The maximum absolute atomic E-state index is 12.4. The summed E-state index contributed by atoms with van der Waals surface area (Å²) in [4.78, 5) is 12.3. The van der Waals surface area contributed by atoms with Gasteiger partial charge in [0.1, 0.15) is 17.6 Å². The average Bonchev–Trinajstić information content (AvgIpc) is 3.31. The van der Waals surface area contributed by atoms with E-state index in [0.717, 1.165) is 18.6 Å². The van der Waals surface area contributed by atoms with E-state index in [9.17, 15) is 23.1 Å². The van der Waals surface area contributed by atoms with Gasteiger partial charge in [-0.15, -0.1) is 18.3 Å². The van der Waals surface area contributed by atoms with E-state index in [4.69, 9.17) is 4.74 Å². The van der Waals surface area contributed by atoms with E-state index in [2.05, 4.69) is 36.2 Å². The lowest BCUT2D eigenvalue weighted by molar-refractivity contribution is -0.274. The highest BCUT2D eigenvalue weighted by molar-refractivity contribution is 5.95. The zero-order chi connectivity index (χ0) is 26.7. The van der Waals surface area contributed by atoms with Crippen molar-refractivity contribution in [2.75, 3.05) is 20.3 Å². The van der Waals surface area contributed by atoms with Gasteiger partial charge in [-0.3, -0.25) is 20.2 Å². The van der Waals surface area contributed by atoms with Crippen LogP contribution in [-0.4, -0.2) is 64.5 Å². The molecule has 3 rings (SSSR count). The number of aryl methyl sites for hydroxylation is 1. The summed E-state index contributed by atoms with van der Waals surface area (Å²) in [5.41, 5.74) is 4.50. The number of rotatable bonds is 14. The molecule has 1 aliphatic heterocycles. The maximum atomic E-state index is 12.4. The van der Waals surface area contributed by atoms with Crippen LogP contribution in [0.25, 0.3) is 0 Å². The first-order valence-corrected chi connectivity index (χ1v) is 11.7. The van der Waals surface area contributed by atoms with Gasteiger partial charge >= 0.3 is 6.36 Å². The summed E-state index contributed by atoms with van der Waals surface area (Å²) in [5.74, 6) is -0.754. The van der Waals surface area contributed by atoms with Crippen molar-refractivity contribution in [1.82, 2.24) is 31.1 Å². The van der Waals surface area contributed by atoms with Crippen LogP contribution in [-0.2, 0) is 22.5 Å². The summed E-state index contributed by atoms with van der Waals surface area (Å²) in [6.07, 6.45) is 1.29. The number of aliphatic hydroxyl groups excluding tert-OH is 1. The number of benzene rings is 1. The van der Waals surface area contributed by atoms with Gasteiger partial charge in [-0.25, -0.2) is 0 Å². The Kier molecular flexibility index (Phi) is 10.4. The normalized spacial score (nSPS) is 16.1. The van der Waals surface area contributed by atoms with E-state index >= 15 is 0 Å². The monoisotopic (exact) mass is 525 g/mol. The van der Waals surface area contributed by atoms with Crippen LogP contribution < -0.4 is 20.8 Å². The Labute approximate surface area is 211 Å². The summed E-state index contributed by atoms with van der Waals surface area (Å²) in [5, 5.41) is 27.9. The maximum Gasteiger partial charge on any atom is 0.573 e. The van der Waals surface area contributed by atoms with E-state index in [0.29, 0.717) is 37.4 Å². The number of hydrazone groups is 1. The lowest BCUT2D eigenvalue weighted by Crippen LogP contribution is -2.44. The van der Waals surface area contributed by atoms with E-state index < -0.39 is 18.8 Å². The van der Waals surface area contributed by atoms with Gasteiger partial charge in [0.15, 0.2) is 6.23 Å². The number of amides is 1. The van der Waals surface area contributed by atoms with Crippen LogP contribution in [0.15, 0.2) is 47.7 Å². The van der Waals surface area contributed by atoms with Crippen molar-refractivity contribution in [3.05, 3.63) is 53.9 Å². The number of aromatic nitrogens is 3. The van der Waals surface area contributed by atoms with Crippen LogP contribution in [0.1, 0.15) is 36.7 Å². The molecule has 202 valence electrons. The van der Waals surface area contributed by atoms with Gasteiger partial charge in [0.25, 0.3) is 0 Å². The second-order valence-electron chi connectivity index (χ2n) is 8.22. The number of methoxy groups -OCH3 is 1. The number of hydrogen-bond acceptors (Lipinski definition) is 9. The number of unbranched alkanes of at least 4 members (excludes halogenated alkanes) is 1. The van der Waals surface area contributed by atoms with Crippen molar-refractivity contribution in [1.29, 1.82) is 0 Å².